The number of hydrogen-bond acceptors (Lipinski definition) is 5. The number of ether oxygens (including phenoxy) is 1. The molecule has 0 aliphatic carbocycles. The summed E-state index contributed by atoms with van der Waals surface area (Å²) in [5.41, 5.74) is 5.41. The van der Waals surface area contributed by atoms with Gasteiger partial charge in [0.25, 0.3) is 0 Å². The van der Waals surface area contributed by atoms with Crippen LogP contribution in [0, 0.1) is 5.82 Å². The number of carbonyl (C=O) groups is 1. The number of sulfonamides is 1. The molecular weight excluding hydrogens is 275 g/mol. The molecule has 1 rings (SSSR count). The topological polar surface area (TPSA) is 98.5 Å². The zero-order valence-electron chi connectivity index (χ0n) is 10.3. The van der Waals surface area contributed by atoms with E-state index in [1.54, 1.807) is 6.92 Å². The molecule has 1 aromatic rings. The first-order chi connectivity index (χ1) is 8.86. The van der Waals surface area contributed by atoms with Crippen molar-refractivity contribution in [3.63, 3.8) is 0 Å². The molecule has 3 N–H and O–H groups in total. The standard InChI is InChI=1S/C11H15FN2O4S/c1-2-18-11(15)5-6-14-19(16,17)10-7-8(12)3-4-9(10)13/h3-4,7,14H,2,5-6,13H2,1H3. The van der Waals surface area contributed by atoms with Gasteiger partial charge in [-0.25, -0.2) is 17.5 Å². The van der Waals surface area contributed by atoms with Gasteiger partial charge < -0.3 is 10.5 Å². The van der Waals surface area contributed by atoms with Gasteiger partial charge in [-0.1, -0.05) is 0 Å². The van der Waals surface area contributed by atoms with Crippen LogP contribution in [0.25, 0.3) is 0 Å². The van der Waals surface area contributed by atoms with Crippen molar-refractivity contribution in [3.05, 3.63) is 24.0 Å². The lowest BCUT2D eigenvalue weighted by atomic mass is 10.3. The molecule has 0 aromatic heterocycles. The highest BCUT2D eigenvalue weighted by Crippen LogP contribution is 2.18. The third-order valence-corrected chi connectivity index (χ3v) is 3.71. The Balaban J connectivity index is 2.71. The number of rotatable bonds is 6. The first-order valence-electron chi connectivity index (χ1n) is 5.57. The fraction of sp³-hybridized carbons (Fsp3) is 0.364. The number of nitrogens with two attached hydrogens (primary N) is 1. The van der Waals surface area contributed by atoms with Crippen LogP contribution in [-0.2, 0) is 19.6 Å². The maximum Gasteiger partial charge on any atom is 0.307 e. The molecule has 6 nitrogen and oxygen atoms in total. The molecule has 0 spiro atoms. The van der Waals surface area contributed by atoms with Gasteiger partial charge in [-0.2, -0.15) is 0 Å². The van der Waals surface area contributed by atoms with Crippen LogP contribution in [0.2, 0.25) is 0 Å². The number of hydrogen-bond donors (Lipinski definition) is 2. The maximum absolute atomic E-state index is 13.0. The number of carbonyl (C=O) groups excluding carboxylic acids is 1. The molecule has 8 heteroatoms. The van der Waals surface area contributed by atoms with Gasteiger partial charge in [0.1, 0.15) is 10.7 Å². The first-order valence-corrected chi connectivity index (χ1v) is 7.05. The van der Waals surface area contributed by atoms with E-state index in [9.17, 15) is 17.6 Å². The Morgan fingerprint density at radius 3 is 2.79 bits per heavy atom. The predicted octanol–water partition coefficient (Wildman–Crippen LogP) is 0.639. The van der Waals surface area contributed by atoms with Crippen molar-refractivity contribution >= 4 is 21.7 Å². The van der Waals surface area contributed by atoms with Gasteiger partial charge in [0.2, 0.25) is 10.0 Å². The fourth-order valence-electron chi connectivity index (χ4n) is 1.34. The van der Waals surface area contributed by atoms with Crippen molar-refractivity contribution in [2.75, 3.05) is 18.9 Å². The quantitative estimate of drug-likeness (QED) is 0.591. The Labute approximate surface area is 110 Å². The molecule has 0 radical (unpaired) electrons. The Hall–Kier alpha value is -1.67. The minimum absolute atomic E-state index is 0.0648. The zero-order valence-corrected chi connectivity index (χ0v) is 11.2. The smallest absolute Gasteiger partial charge is 0.307 e. The Bertz CT molecular complexity index is 560. The highest BCUT2D eigenvalue weighted by Gasteiger charge is 2.18. The molecule has 0 bridgehead atoms. The van der Waals surface area contributed by atoms with Crippen molar-refractivity contribution in [2.45, 2.75) is 18.2 Å². The molecule has 0 aliphatic heterocycles. The molecular formula is C11H15FN2O4S. The van der Waals surface area contributed by atoms with E-state index < -0.39 is 21.8 Å². The SMILES string of the molecule is CCOC(=O)CCNS(=O)(=O)c1cc(F)ccc1N. The maximum atomic E-state index is 13.0. The van der Waals surface area contributed by atoms with Crippen LogP contribution < -0.4 is 10.5 Å². The number of halogens is 1. The summed E-state index contributed by atoms with van der Waals surface area (Å²) in [7, 11) is -3.95. The number of benzene rings is 1. The van der Waals surface area contributed by atoms with Gasteiger partial charge in [0.05, 0.1) is 18.7 Å². The fourth-order valence-corrected chi connectivity index (χ4v) is 2.51. The van der Waals surface area contributed by atoms with E-state index >= 15 is 0 Å². The molecule has 0 saturated heterocycles. The van der Waals surface area contributed by atoms with Gasteiger partial charge in [0.15, 0.2) is 0 Å². The van der Waals surface area contributed by atoms with Crippen LogP contribution in [0.4, 0.5) is 10.1 Å². The molecule has 0 atom stereocenters. The summed E-state index contributed by atoms with van der Waals surface area (Å²) in [5.74, 6) is -1.22. The second-order valence-corrected chi connectivity index (χ2v) is 5.37. The average Bonchev–Trinajstić information content (AvgIpc) is 2.32. The number of nitrogens with one attached hydrogen (secondary N) is 1. The summed E-state index contributed by atoms with van der Waals surface area (Å²) in [6, 6.07) is 3.05. The van der Waals surface area contributed by atoms with Crippen LogP contribution in [0.3, 0.4) is 0 Å². The highest BCUT2D eigenvalue weighted by atomic mass is 32.2. The van der Waals surface area contributed by atoms with Crippen LogP contribution in [0.15, 0.2) is 23.1 Å². The van der Waals surface area contributed by atoms with Gasteiger partial charge in [-0.15, -0.1) is 0 Å². The third-order valence-electron chi connectivity index (χ3n) is 2.19. The molecule has 0 unspecified atom stereocenters. The lowest BCUT2D eigenvalue weighted by Gasteiger charge is -2.08. The Morgan fingerprint density at radius 2 is 2.16 bits per heavy atom. The molecule has 0 heterocycles. The normalized spacial score (nSPS) is 11.3. The van der Waals surface area contributed by atoms with Crippen LogP contribution in [-0.4, -0.2) is 27.5 Å². The molecule has 0 aliphatic rings. The monoisotopic (exact) mass is 290 g/mol. The molecule has 0 amide bonds. The van der Waals surface area contributed by atoms with Gasteiger partial charge in [-0.05, 0) is 25.1 Å². The summed E-state index contributed by atoms with van der Waals surface area (Å²) in [4.78, 5) is 10.7. The molecule has 106 valence electrons. The van der Waals surface area contributed by atoms with Crippen molar-refractivity contribution in [1.29, 1.82) is 0 Å². The summed E-state index contributed by atoms with van der Waals surface area (Å²) < 4.78 is 43.5. The van der Waals surface area contributed by atoms with Crippen molar-refractivity contribution in [1.82, 2.24) is 4.72 Å². The van der Waals surface area contributed by atoms with E-state index in [1.165, 1.54) is 0 Å². The number of esters is 1. The average molecular weight is 290 g/mol. The largest absolute Gasteiger partial charge is 0.466 e. The summed E-state index contributed by atoms with van der Waals surface area (Å²) >= 11 is 0. The number of anilines is 1. The third kappa shape index (κ3) is 4.49. The Kier molecular flexibility index (Phi) is 5.25. The minimum Gasteiger partial charge on any atom is -0.466 e. The lowest BCUT2D eigenvalue weighted by molar-refractivity contribution is -0.142. The van der Waals surface area contributed by atoms with E-state index in [0.29, 0.717) is 0 Å². The number of nitrogen functional groups attached to an aromatic ring is 1. The van der Waals surface area contributed by atoms with Crippen molar-refractivity contribution < 1.29 is 22.3 Å². The van der Waals surface area contributed by atoms with Crippen LogP contribution in [0.5, 0.6) is 0 Å². The summed E-state index contributed by atoms with van der Waals surface area (Å²) in [6.07, 6.45) is -0.109. The van der Waals surface area contributed by atoms with Gasteiger partial charge in [-0.3, -0.25) is 4.79 Å². The van der Waals surface area contributed by atoms with E-state index in [2.05, 4.69) is 9.46 Å². The van der Waals surface area contributed by atoms with Gasteiger partial charge >= 0.3 is 5.97 Å². The predicted molar refractivity (Wildman–Crippen MR) is 67.3 cm³/mol. The van der Waals surface area contributed by atoms with E-state index in [0.717, 1.165) is 18.2 Å². The molecule has 19 heavy (non-hydrogen) atoms. The van der Waals surface area contributed by atoms with Crippen molar-refractivity contribution in [3.8, 4) is 0 Å². The van der Waals surface area contributed by atoms with E-state index in [-0.39, 0.29) is 30.2 Å². The van der Waals surface area contributed by atoms with Crippen LogP contribution >= 0.6 is 0 Å². The van der Waals surface area contributed by atoms with Crippen molar-refractivity contribution in [2.24, 2.45) is 0 Å². The summed E-state index contributed by atoms with van der Waals surface area (Å²) in [6.45, 7) is 1.73. The van der Waals surface area contributed by atoms with Gasteiger partial charge in [0, 0.05) is 6.54 Å². The highest BCUT2D eigenvalue weighted by molar-refractivity contribution is 7.89. The second-order valence-electron chi connectivity index (χ2n) is 3.63. The zero-order chi connectivity index (χ0) is 14.5. The molecule has 0 fully saturated rings. The molecule has 1 aromatic carbocycles. The lowest BCUT2D eigenvalue weighted by Crippen LogP contribution is -2.27. The Morgan fingerprint density at radius 1 is 1.47 bits per heavy atom. The minimum atomic E-state index is -3.95. The van der Waals surface area contributed by atoms with E-state index in [4.69, 9.17) is 5.73 Å². The first kappa shape index (κ1) is 15.4. The molecule has 0 saturated carbocycles. The van der Waals surface area contributed by atoms with E-state index in [1.807, 2.05) is 0 Å². The second kappa shape index (κ2) is 6.48. The summed E-state index contributed by atoms with van der Waals surface area (Å²) in [5, 5.41) is 0. The van der Waals surface area contributed by atoms with Crippen LogP contribution in [0.1, 0.15) is 13.3 Å².